The van der Waals surface area contributed by atoms with Gasteiger partial charge < -0.3 is 15.5 Å². The molecule has 0 radical (unpaired) electrons. The SMILES string of the molecule is CNC(=O)C1CCCC2(CCN(c3cc(Nc4cc(C(F)(F)F)ccn4)nc(-c4cccnc4)n3)C2)C1. The first-order chi connectivity index (χ1) is 17.7. The first-order valence-electron chi connectivity index (χ1n) is 12.3. The molecule has 37 heavy (non-hydrogen) atoms. The quantitative estimate of drug-likeness (QED) is 0.507. The van der Waals surface area contributed by atoms with E-state index in [0.717, 1.165) is 63.5 Å². The van der Waals surface area contributed by atoms with Gasteiger partial charge >= 0.3 is 6.18 Å². The lowest BCUT2D eigenvalue weighted by molar-refractivity contribution is -0.137. The molecule has 8 nitrogen and oxygen atoms in total. The second kappa shape index (κ2) is 9.95. The number of halogens is 3. The lowest BCUT2D eigenvalue weighted by Gasteiger charge is -2.37. The van der Waals surface area contributed by atoms with Crippen molar-refractivity contribution in [2.75, 3.05) is 30.4 Å². The van der Waals surface area contributed by atoms with E-state index >= 15 is 0 Å². The second-order valence-corrected chi connectivity index (χ2v) is 9.81. The number of hydrogen-bond acceptors (Lipinski definition) is 7. The lowest BCUT2D eigenvalue weighted by atomic mass is 9.69. The Morgan fingerprint density at radius 2 is 2.00 bits per heavy atom. The Morgan fingerprint density at radius 1 is 1.14 bits per heavy atom. The van der Waals surface area contributed by atoms with Crippen molar-refractivity contribution in [3.05, 3.63) is 54.5 Å². The normalized spacial score (nSPS) is 21.7. The molecule has 4 heterocycles. The second-order valence-electron chi connectivity index (χ2n) is 9.81. The van der Waals surface area contributed by atoms with E-state index in [1.54, 1.807) is 31.6 Å². The summed E-state index contributed by atoms with van der Waals surface area (Å²) in [6, 6.07) is 7.23. The van der Waals surface area contributed by atoms with E-state index in [-0.39, 0.29) is 23.1 Å². The fourth-order valence-electron chi connectivity index (χ4n) is 5.47. The summed E-state index contributed by atoms with van der Waals surface area (Å²) in [5.74, 6) is 1.56. The number of nitrogens with one attached hydrogen (secondary N) is 2. The highest BCUT2D eigenvalue weighted by atomic mass is 19.4. The van der Waals surface area contributed by atoms with Crippen molar-refractivity contribution in [1.29, 1.82) is 0 Å². The predicted molar refractivity (Wildman–Crippen MR) is 133 cm³/mol. The Kier molecular flexibility index (Phi) is 6.70. The van der Waals surface area contributed by atoms with Gasteiger partial charge in [-0.25, -0.2) is 15.0 Å². The first-order valence-corrected chi connectivity index (χ1v) is 12.3. The van der Waals surface area contributed by atoms with Gasteiger partial charge in [-0.15, -0.1) is 0 Å². The van der Waals surface area contributed by atoms with Crippen LogP contribution in [0.4, 0.5) is 30.6 Å². The molecule has 2 aliphatic rings. The monoisotopic (exact) mass is 511 g/mol. The van der Waals surface area contributed by atoms with Gasteiger partial charge in [0.05, 0.1) is 5.56 Å². The van der Waals surface area contributed by atoms with Crippen LogP contribution in [0.5, 0.6) is 0 Å². The third-order valence-corrected chi connectivity index (χ3v) is 7.29. The van der Waals surface area contributed by atoms with E-state index in [1.165, 1.54) is 0 Å². The Hall–Kier alpha value is -3.76. The summed E-state index contributed by atoms with van der Waals surface area (Å²) in [6.07, 6.45) is 4.67. The summed E-state index contributed by atoms with van der Waals surface area (Å²) < 4.78 is 39.6. The van der Waals surface area contributed by atoms with Crippen molar-refractivity contribution < 1.29 is 18.0 Å². The van der Waals surface area contributed by atoms with E-state index < -0.39 is 11.7 Å². The summed E-state index contributed by atoms with van der Waals surface area (Å²) in [4.78, 5) is 32.0. The number of amides is 1. The molecule has 3 aromatic heterocycles. The van der Waals surface area contributed by atoms with Gasteiger partial charge in [-0.3, -0.25) is 9.78 Å². The minimum Gasteiger partial charge on any atom is -0.359 e. The zero-order valence-corrected chi connectivity index (χ0v) is 20.4. The molecule has 5 rings (SSSR count). The Balaban J connectivity index is 1.45. The third-order valence-electron chi connectivity index (χ3n) is 7.29. The van der Waals surface area contributed by atoms with Crippen LogP contribution in [0.1, 0.15) is 37.7 Å². The number of alkyl halides is 3. The maximum absolute atomic E-state index is 13.2. The van der Waals surface area contributed by atoms with Gasteiger partial charge in [0.15, 0.2) is 5.82 Å². The highest BCUT2D eigenvalue weighted by Gasteiger charge is 2.44. The fraction of sp³-hybridized carbons (Fsp3) is 0.423. The summed E-state index contributed by atoms with van der Waals surface area (Å²) >= 11 is 0. The Bertz CT molecular complexity index is 1270. The molecule has 1 spiro atoms. The Labute approximate surface area is 212 Å². The molecule has 2 atom stereocenters. The number of hydrogen-bond donors (Lipinski definition) is 2. The molecule has 2 N–H and O–H groups in total. The lowest BCUT2D eigenvalue weighted by Crippen LogP contribution is -2.38. The van der Waals surface area contributed by atoms with Crippen LogP contribution in [0.2, 0.25) is 0 Å². The molecule has 1 saturated carbocycles. The molecule has 2 fully saturated rings. The van der Waals surface area contributed by atoms with Crippen molar-refractivity contribution in [2.45, 2.75) is 38.3 Å². The summed E-state index contributed by atoms with van der Waals surface area (Å²) in [5, 5.41) is 5.72. The topological polar surface area (TPSA) is 95.9 Å². The molecular weight excluding hydrogens is 483 g/mol. The van der Waals surface area contributed by atoms with E-state index in [1.807, 2.05) is 6.07 Å². The van der Waals surface area contributed by atoms with Crippen molar-refractivity contribution in [3.8, 4) is 11.4 Å². The van der Waals surface area contributed by atoms with Crippen molar-refractivity contribution in [3.63, 3.8) is 0 Å². The van der Waals surface area contributed by atoms with E-state index in [2.05, 4.69) is 30.5 Å². The van der Waals surface area contributed by atoms with E-state index in [4.69, 9.17) is 4.98 Å². The number of aromatic nitrogens is 4. The minimum absolute atomic E-state index is 0.0132. The largest absolute Gasteiger partial charge is 0.416 e. The minimum atomic E-state index is -4.48. The Morgan fingerprint density at radius 3 is 2.76 bits per heavy atom. The molecule has 3 aromatic rings. The van der Waals surface area contributed by atoms with Crippen LogP contribution in [0.25, 0.3) is 11.4 Å². The van der Waals surface area contributed by atoms with Gasteiger partial charge in [0.2, 0.25) is 5.91 Å². The van der Waals surface area contributed by atoms with Gasteiger partial charge in [0, 0.05) is 56.3 Å². The highest BCUT2D eigenvalue weighted by Crippen LogP contribution is 2.47. The number of anilines is 3. The van der Waals surface area contributed by atoms with Crippen molar-refractivity contribution >= 4 is 23.4 Å². The van der Waals surface area contributed by atoms with Crippen LogP contribution in [0.15, 0.2) is 48.9 Å². The molecule has 0 bridgehead atoms. The van der Waals surface area contributed by atoms with Gasteiger partial charge in [-0.05, 0) is 55.4 Å². The molecule has 1 aliphatic carbocycles. The molecule has 1 amide bonds. The highest BCUT2D eigenvalue weighted by molar-refractivity contribution is 5.78. The molecular formula is C26H28F3N7O. The van der Waals surface area contributed by atoms with Crippen molar-refractivity contribution in [1.82, 2.24) is 25.3 Å². The third kappa shape index (κ3) is 5.50. The number of pyridine rings is 2. The molecule has 194 valence electrons. The van der Waals surface area contributed by atoms with Crippen LogP contribution in [0.3, 0.4) is 0 Å². The molecule has 0 aromatic carbocycles. The van der Waals surface area contributed by atoms with Crippen LogP contribution in [-0.2, 0) is 11.0 Å². The summed E-state index contributed by atoms with van der Waals surface area (Å²) in [7, 11) is 1.68. The van der Waals surface area contributed by atoms with Gasteiger partial charge in [-0.2, -0.15) is 13.2 Å². The maximum atomic E-state index is 13.2. The summed E-state index contributed by atoms with van der Waals surface area (Å²) in [6.45, 7) is 1.52. The number of carbonyl (C=O) groups is 1. The average Bonchev–Trinajstić information content (AvgIpc) is 3.31. The van der Waals surface area contributed by atoms with E-state index in [9.17, 15) is 18.0 Å². The van der Waals surface area contributed by atoms with Crippen LogP contribution < -0.4 is 15.5 Å². The van der Waals surface area contributed by atoms with Gasteiger partial charge in [0.1, 0.15) is 17.5 Å². The molecule has 11 heteroatoms. The number of rotatable bonds is 5. The van der Waals surface area contributed by atoms with Crippen LogP contribution in [-0.4, -0.2) is 46.0 Å². The standard InChI is InChI=1S/C26H28F3N7O/c1-30-24(37)17-4-2-7-25(14-17)8-11-36(16-25)22-13-21(34-23(35-22)18-5-3-9-31-15-18)33-20-12-19(6-10-32-20)26(27,28)29/h3,5-6,9-10,12-13,15,17H,2,4,7-8,11,14,16H2,1H3,(H,30,37)(H,32,33,34,35). The summed E-state index contributed by atoms with van der Waals surface area (Å²) in [5.41, 5.74) is -0.0720. The van der Waals surface area contributed by atoms with Crippen LogP contribution in [0, 0.1) is 11.3 Å². The zero-order chi connectivity index (χ0) is 26.0. The zero-order valence-electron chi connectivity index (χ0n) is 20.4. The van der Waals surface area contributed by atoms with E-state index in [0.29, 0.717) is 23.0 Å². The predicted octanol–water partition coefficient (Wildman–Crippen LogP) is 4.83. The van der Waals surface area contributed by atoms with Crippen molar-refractivity contribution in [2.24, 2.45) is 11.3 Å². The van der Waals surface area contributed by atoms with Crippen LogP contribution >= 0.6 is 0 Å². The first kappa shape index (κ1) is 24.9. The number of nitrogens with zero attached hydrogens (tertiary/aromatic N) is 5. The smallest absolute Gasteiger partial charge is 0.359 e. The average molecular weight is 512 g/mol. The van der Waals surface area contributed by atoms with Gasteiger partial charge in [-0.1, -0.05) is 6.42 Å². The van der Waals surface area contributed by atoms with Gasteiger partial charge in [0.25, 0.3) is 0 Å². The molecule has 1 saturated heterocycles. The fourth-order valence-corrected chi connectivity index (χ4v) is 5.47. The number of carbonyl (C=O) groups excluding carboxylic acids is 1. The molecule has 1 aliphatic heterocycles. The maximum Gasteiger partial charge on any atom is 0.416 e. The molecule has 2 unspecified atom stereocenters.